The van der Waals surface area contributed by atoms with E-state index in [1.165, 1.54) is 18.2 Å². The van der Waals surface area contributed by atoms with Crippen molar-refractivity contribution < 1.29 is 14.5 Å². The van der Waals surface area contributed by atoms with E-state index in [0.29, 0.717) is 11.4 Å². The van der Waals surface area contributed by atoms with E-state index in [1.807, 2.05) is 0 Å². The van der Waals surface area contributed by atoms with Crippen LogP contribution in [0.1, 0.15) is 12.8 Å². The van der Waals surface area contributed by atoms with E-state index in [0.717, 1.165) is 31.5 Å². The molecule has 0 spiro atoms. The van der Waals surface area contributed by atoms with Gasteiger partial charge in [0.1, 0.15) is 0 Å². The van der Waals surface area contributed by atoms with Crippen LogP contribution in [0.3, 0.4) is 0 Å². The first-order valence-electron chi connectivity index (χ1n) is 6.35. The van der Waals surface area contributed by atoms with E-state index >= 15 is 0 Å². The highest BCUT2D eigenvalue weighted by Gasteiger charge is 2.27. The Kier molecular flexibility index (Phi) is 3.11. The fourth-order valence-corrected chi connectivity index (χ4v) is 2.34. The van der Waals surface area contributed by atoms with Crippen molar-refractivity contribution in [2.24, 2.45) is 0 Å². The molecule has 7 heteroatoms. The van der Waals surface area contributed by atoms with Crippen LogP contribution in [0.15, 0.2) is 29.5 Å². The van der Waals surface area contributed by atoms with Gasteiger partial charge < -0.3 is 15.4 Å². The minimum atomic E-state index is -0.489. The summed E-state index contributed by atoms with van der Waals surface area (Å²) in [5, 5.41) is 16.7. The highest BCUT2D eigenvalue weighted by atomic mass is 16.6. The molecule has 2 N–H and O–H groups in total. The molecule has 3 rings (SSSR count). The molecule has 1 amide bonds. The Hall–Kier alpha value is -2.41. The Morgan fingerprint density at radius 1 is 1.25 bits per heavy atom. The molecule has 0 aliphatic carbocycles. The lowest BCUT2D eigenvalue weighted by molar-refractivity contribution is -0.384. The lowest BCUT2D eigenvalue weighted by Gasteiger charge is -2.24. The van der Waals surface area contributed by atoms with Crippen molar-refractivity contribution in [3.8, 4) is 5.75 Å². The van der Waals surface area contributed by atoms with Gasteiger partial charge in [-0.05, 0) is 37.6 Å². The second-order valence-corrected chi connectivity index (χ2v) is 4.68. The number of benzene rings is 1. The molecule has 2 aliphatic heterocycles. The lowest BCUT2D eigenvalue weighted by Crippen LogP contribution is -2.30. The first-order chi connectivity index (χ1) is 9.65. The topological polar surface area (TPSA) is 93.5 Å². The van der Waals surface area contributed by atoms with Crippen LogP contribution in [0, 0.1) is 10.1 Å². The molecular weight excluding hydrogens is 262 g/mol. The molecule has 1 aromatic carbocycles. The third-order valence-electron chi connectivity index (χ3n) is 3.37. The third kappa shape index (κ3) is 2.23. The quantitative estimate of drug-likeness (QED) is 0.461. The SMILES string of the molecule is O=C1Nc2ccc([N+](=O)[O-])cc2OC1=C1CCNCC1. The van der Waals surface area contributed by atoms with Crippen LogP contribution in [0.4, 0.5) is 11.4 Å². The zero-order valence-corrected chi connectivity index (χ0v) is 10.6. The van der Waals surface area contributed by atoms with Gasteiger partial charge >= 0.3 is 0 Å². The largest absolute Gasteiger partial charge is 0.449 e. The molecular formula is C13H13N3O4. The molecule has 104 valence electrons. The number of fused-ring (bicyclic) bond motifs is 1. The number of nitrogens with one attached hydrogen (secondary N) is 2. The minimum Gasteiger partial charge on any atom is -0.449 e. The summed E-state index contributed by atoms with van der Waals surface area (Å²) in [5.41, 5.74) is 1.34. The molecule has 1 saturated heterocycles. The fourth-order valence-electron chi connectivity index (χ4n) is 2.34. The predicted octanol–water partition coefficient (Wildman–Crippen LogP) is 1.56. The number of nitro benzene ring substituents is 1. The number of ether oxygens (including phenoxy) is 1. The summed E-state index contributed by atoms with van der Waals surface area (Å²) in [4.78, 5) is 22.3. The Bertz CT molecular complexity index is 616. The molecule has 2 aliphatic rings. The van der Waals surface area contributed by atoms with Crippen LogP contribution in [-0.4, -0.2) is 23.9 Å². The number of hydrogen-bond donors (Lipinski definition) is 2. The predicted molar refractivity (Wildman–Crippen MR) is 71.5 cm³/mol. The summed E-state index contributed by atoms with van der Waals surface area (Å²) in [6.45, 7) is 1.61. The van der Waals surface area contributed by atoms with E-state index < -0.39 is 4.92 Å². The van der Waals surface area contributed by atoms with E-state index in [2.05, 4.69) is 10.6 Å². The van der Waals surface area contributed by atoms with Crippen molar-refractivity contribution in [2.75, 3.05) is 18.4 Å². The molecule has 0 aromatic heterocycles. The van der Waals surface area contributed by atoms with E-state index in [1.54, 1.807) is 0 Å². The first kappa shape index (κ1) is 12.6. The minimum absolute atomic E-state index is 0.0606. The summed E-state index contributed by atoms with van der Waals surface area (Å²) >= 11 is 0. The van der Waals surface area contributed by atoms with E-state index in [4.69, 9.17) is 4.74 Å². The van der Waals surface area contributed by atoms with Crippen molar-refractivity contribution in [1.82, 2.24) is 5.32 Å². The highest BCUT2D eigenvalue weighted by Crippen LogP contribution is 2.35. The van der Waals surface area contributed by atoms with Crippen LogP contribution in [0.25, 0.3) is 0 Å². The molecule has 1 fully saturated rings. The van der Waals surface area contributed by atoms with Gasteiger partial charge in [0.05, 0.1) is 16.7 Å². The molecule has 1 aromatic rings. The zero-order chi connectivity index (χ0) is 14.1. The van der Waals surface area contributed by atoms with Gasteiger partial charge in [0.15, 0.2) is 11.5 Å². The van der Waals surface area contributed by atoms with Crippen molar-refractivity contribution in [3.63, 3.8) is 0 Å². The molecule has 0 radical (unpaired) electrons. The van der Waals surface area contributed by atoms with Gasteiger partial charge in [0, 0.05) is 6.07 Å². The number of hydrogen-bond acceptors (Lipinski definition) is 5. The average molecular weight is 275 g/mol. The van der Waals surface area contributed by atoms with Crippen molar-refractivity contribution >= 4 is 17.3 Å². The number of piperidine rings is 1. The molecule has 2 heterocycles. The molecule has 0 saturated carbocycles. The summed E-state index contributed by atoms with van der Waals surface area (Å²) in [7, 11) is 0. The van der Waals surface area contributed by atoms with Crippen molar-refractivity contribution in [3.05, 3.63) is 39.6 Å². The van der Waals surface area contributed by atoms with Gasteiger partial charge in [-0.3, -0.25) is 14.9 Å². The smallest absolute Gasteiger partial charge is 0.291 e. The van der Waals surface area contributed by atoms with Crippen LogP contribution >= 0.6 is 0 Å². The number of anilines is 1. The maximum absolute atomic E-state index is 12.0. The highest BCUT2D eigenvalue weighted by molar-refractivity contribution is 6.06. The fraction of sp³-hybridized carbons (Fsp3) is 0.308. The van der Waals surface area contributed by atoms with Gasteiger partial charge in [0.25, 0.3) is 11.6 Å². The summed E-state index contributed by atoms with van der Waals surface area (Å²) in [5.74, 6) is 0.308. The number of nitro groups is 1. The van der Waals surface area contributed by atoms with Crippen molar-refractivity contribution in [1.29, 1.82) is 0 Å². The normalized spacial score (nSPS) is 18.1. The van der Waals surface area contributed by atoms with Crippen molar-refractivity contribution in [2.45, 2.75) is 12.8 Å². The first-order valence-corrected chi connectivity index (χ1v) is 6.35. The molecule has 0 bridgehead atoms. The van der Waals surface area contributed by atoms with Gasteiger partial charge in [-0.25, -0.2) is 0 Å². The molecule has 7 nitrogen and oxygen atoms in total. The van der Waals surface area contributed by atoms with Gasteiger partial charge in [-0.2, -0.15) is 0 Å². The zero-order valence-electron chi connectivity index (χ0n) is 10.6. The van der Waals surface area contributed by atoms with Gasteiger partial charge in [-0.1, -0.05) is 0 Å². The second-order valence-electron chi connectivity index (χ2n) is 4.68. The van der Waals surface area contributed by atoms with Crippen LogP contribution in [-0.2, 0) is 4.79 Å². The van der Waals surface area contributed by atoms with Crippen LogP contribution in [0.5, 0.6) is 5.75 Å². The lowest BCUT2D eigenvalue weighted by atomic mass is 10.0. The van der Waals surface area contributed by atoms with Crippen LogP contribution in [0.2, 0.25) is 0 Å². The molecule has 0 atom stereocenters. The Morgan fingerprint density at radius 2 is 2.00 bits per heavy atom. The average Bonchev–Trinajstić information content (AvgIpc) is 2.47. The molecule has 20 heavy (non-hydrogen) atoms. The standard InChI is InChI=1S/C13H13N3O4/c17-13-12(8-3-5-14-6-4-8)20-11-7-9(16(18)19)1-2-10(11)15-13/h1-2,7,14H,3-6H2,(H,15,17). The summed E-state index contributed by atoms with van der Waals surface area (Å²) < 4.78 is 5.61. The number of rotatable bonds is 1. The maximum atomic E-state index is 12.0. The monoisotopic (exact) mass is 275 g/mol. The van der Waals surface area contributed by atoms with E-state index in [9.17, 15) is 14.9 Å². The summed E-state index contributed by atoms with van der Waals surface area (Å²) in [6, 6.07) is 4.15. The Morgan fingerprint density at radius 3 is 2.70 bits per heavy atom. The van der Waals surface area contributed by atoms with Gasteiger partial charge in [-0.15, -0.1) is 0 Å². The van der Waals surface area contributed by atoms with Gasteiger partial charge in [0.2, 0.25) is 0 Å². The number of non-ortho nitro benzene ring substituents is 1. The maximum Gasteiger partial charge on any atom is 0.291 e. The molecule has 0 unspecified atom stereocenters. The number of amides is 1. The second kappa shape index (κ2) is 4.93. The number of nitrogens with zero attached hydrogens (tertiary/aromatic N) is 1. The Labute approximate surface area is 114 Å². The Balaban J connectivity index is 1.97. The van der Waals surface area contributed by atoms with E-state index in [-0.39, 0.29) is 17.4 Å². The third-order valence-corrected chi connectivity index (χ3v) is 3.37. The summed E-state index contributed by atoms with van der Waals surface area (Å²) in [6.07, 6.45) is 1.49. The number of carbonyl (C=O) groups excluding carboxylic acids is 1. The van der Waals surface area contributed by atoms with Crippen LogP contribution < -0.4 is 15.4 Å². The number of carbonyl (C=O) groups is 1.